The minimum absolute atomic E-state index is 0.0988. The summed E-state index contributed by atoms with van der Waals surface area (Å²) in [6.45, 7) is 6.38. The quantitative estimate of drug-likeness (QED) is 0.0261. The van der Waals surface area contributed by atoms with Crippen LogP contribution >= 0.6 is 0 Å². The number of hydrogen-bond donors (Lipinski definition) is 0. The van der Waals surface area contributed by atoms with E-state index in [4.69, 9.17) is 14.2 Å². The zero-order chi connectivity index (χ0) is 52.2. The maximum atomic E-state index is 12.9. The van der Waals surface area contributed by atoms with Crippen LogP contribution in [0.2, 0.25) is 0 Å². The van der Waals surface area contributed by atoms with Crippen LogP contribution < -0.4 is 0 Å². The predicted molar refractivity (Wildman–Crippen MR) is 311 cm³/mol. The zero-order valence-electron chi connectivity index (χ0n) is 46.9. The molecule has 1 unspecified atom stereocenters. The third-order valence-corrected chi connectivity index (χ3v) is 12.5. The first-order valence-corrected chi connectivity index (χ1v) is 29.9. The van der Waals surface area contributed by atoms with E-state index in [0.717, 1.165) is 128 Å². The zero-order valence-corrected chi connectivity index (χ0v) is 46.9. The highest BCUT2D eigenvalue weighted by molar-refractivity contribution is 5.71. The number of rotatable bonds is 53. The van der Waals surface area contributed by atoms with Crippen molar-refractivity contribution >= 4 is 17.9 Å². The van der Waals surface area contributed by atoms with E-state index < -0.39 is 6.10 Å². The maximum Gasteiger partial charge on any atom is 0.306 e. The fraction of sp³-hybridized carbons (Fsp3) is 0.682. The summed E-state index contributed by atoms with van der Waals surface area (Å²) >= 11 is 0. The van der Waals surface area contributed by atoms with E-state index in [1.165, 1.54) is 103 Å². The predicted octanol–water partition coefficient (Wildman–Crippen LogP) is 20.3. The van der Waals surface area contributed by atoms with E-state index in [-0.39, 0.29) is 31.1 Å². The topological polar surface area (TPSA) is 78.9 Å². The molecule has 0 aliphatic heterocycles. The number of hydrogen-bond acceptors (Lipinski definition) is 6. The van der Waals surface area contributed by atoms with Gasteiger partial charge in [0, 0.05) is 19.3 Å². The first-order chi connectivity index (χ1) is 35.5. The summed E-state index contributed by atoms with van der Waals surface area (Å²) in [5.74, 6) is -0.944. The lowest BCUT2D eigenvalue weighted by Gasteiger charge is -2.18. The van der Waals surface area contributed by atoms with Crippen LogP contribution in [0.15, 0.2) is 109 Å². The van der Waals surface area contributed by atoms with E-state index in [1.807, 2.05) is 0 Å². The van der Waals surface area contributed by atoms with Crippen molar-refractivity contribution in [1.82, 2.24) is 0 Å². The monoisotopic (exact) mass is 999 g/mol. The molecule has 0 aliphatic rings. The Bertz CT molecular complexity index is 1470. The molecule has 0 radical (unpaired) electrons. The summed E-state index contributed by atoms with van der Waals surface area (Å²) in [5.41, 5.74) is 0. The average molecular weight is 1000 g/mol. The maximum absolute atomic E-state index is 12.9. The van der Waals surface area contributed by atoms with Crippen LogP contribution in [-0.4, -0.2) is 37.2 Å². The summed E-state index contributed by atoms with van der Waals surface area (Å²) in [6.07, 6.45) is 80.8. The van der Waals surface area contributed by atoms with Crippen molar-refractivity contribution in [2.24, 2.45) is 0 Å². The minimum Gasteiger partial charge on any atom is -0.462 e. The van der Waals surface area contributed by atoms with Gasteiger partial charge >= 0.3 is 17.9 Å². The third-order valence-electron chi connectivity index (χ3n) is 12.5. The molecule has 0 rings (SSSR count). The molecule has 6 heteroatoms. The van der Waals surface area contributed by atoms with E-state index in [2.05, 4.69) is 130 Å². The SMILES string of the molecule is CC/C=C\C/C=C\C/C=C\C/C=C\CCCCCCCCC(=O)OCC(COC(=O)CCCCC/C=C\C/C=C\C/C=C\C/C=C\CC)OC(=O)CCCCCCCCC/C=C\CCCCCCCCCC. The number of ether oxygens (including phenoxy) is 3. The van der Waals surface area contributed by atoms with Crippen LogP contribution in [0.4, 0.5) is 0 Å². The molecule has 0 amide bonds. The van der Waals surface area contributed by atoms with E-state index in [0.29, 0.717) is 19.3 Å². The minimum atomic E-state index is -0.803. The van der Waals surface area contributed by atoms with Gasteiger partial charge in [0.1, 0.15) is 13.2 Å². The second-order valence-electron chi connectivity index (χ2n) is 19.5. The molecule has 0 aromatic rings. The Balaban J connectivity index is 4.47. The number of unbranched alkanes of at least 4 members (excludes halogenated alkanes) is 24. The lowest BCUT2D eigenvalue weighted by Crippen LogP contribution is -2.30. The molecular weight excluding hydrogens is 889 g/mol. The normalized spacial score (nSPS) is 12.9. The van der Waals surface area contributed by atoms with E-state index in [9.17, 15) is 14.4 Å². The van der Waals surface area contributed by atoms with Gasteiger partial charge in [0.15, 0.2) is 6.10 Å². The van der Waals surface area contributed by atoms with Crippen LogP contribution in [0.1, 0.15) is 271 Å². The van der Waals surface area contributed by atoms with Gasteiger partial charge in [-0.1, -0.05) is 239 Å². The molecule has 6 nitrogen and oxygen atoms in total. The van der Waals surface area contributed by atoms with Crippen molar-refractivity contribution in [3.63, 3.8) is 0 Å². The summed E-state index contributed by atoms with van der Waals surface area (Å²) in [5, 5.41) is 0. The van der Waals surface area contributed by atoms with Gasteiger partial charge in [-0.2, -0.15) is 0 Å². The molecule has 0 N–H and O–H groups in total. The Hall–Kier alpha value is -3.93. The van der Waals surface area contributed by atoms with Crippen molar-refractivity contribution in [2.75, 3.05) is 13.2 Å². The Morgan fingerprint density at radius 1 is 0.292 bits per heavy atom. The highest BCUT2D eigenvalue weighted by atomic mass is 16.6. The lowest BCUT2D eigenvalue weighted by atomic mass is 10.1. The molecule has 0 aromatic heterocycles. The molecule has 0 aliphatic carbocycles. The average Bonchev–Trinajstić information content (AvgIpc) is 3.38. The molecule has 0 bridgehead atoms. The van der Waals surface area contributed by atoms with Gasteiger partial charge in [-0.05, 0) is 122 Å². The summed E-state index contributed by atoms with van der Waals surface area (Å²) in [7, 11) is 0. The summed E-state index contributed by atoms with van der Waals surface area (Å²) < 4.78 is 16.9. The molecule has 410 valence electrons. The van der Waals surface area contributed by atoms with Crippen molar-refractivity contribution in [3.8, 4) is 0 Å². The first-order valence-electron chi connectivity index (χ1n) is 29.9. The third kappa shape index (κ3) is 57.0. The van der Waals surface area contributed by atoms with Gasteiger partial charge in [0.05, 0.1) is 0 Å². The van der Waals surface area contributed by atoms with Gasteiger partial charge in [0.2, 0.25) is 0 Å². The largest absolute Gasteiger partial charge is 0.462 e. The summed E-state index contributed by atoms with van der Waals surface area (Å²) in [4.78, 5) is 38.2. The molecule has 0 saturated heterocycles. The fourth-order valence-electron chi connectivity index (χ4n) is 8.07. The highest BCUT2D eigenvalue weighted by Crippen LogP contribution is 2.15. The molecule has 1 atom stereocenters. The van der Waals surface area contributed by atoms with Crippen molar-refractivity contribution < 1.29 is 28.6 Å². The van der Waals surface area contributed by atoms with Crippen LogP contribution in [0.25, 0.3) is 0 Å². The van der Waals surface area contributed by atoms with Crippen LogP contribution in [0, 0.1) is 0 Å². The summed E-state index contributed by atoms with van der Waals surface area (Å²) in [6, 6.07) is 0. The number of carbonyl (C=O) groups is 3. The van der Waals surface area contributed by atoms with Gasteiger partial charge in [-0.15, -0.1) is 0 Å². The van der Waals surface area contributed by atoms with Crippen LogP contribution in [-0.2, 0) is 28.6 Å². The molecular formula is C66H110O6. The Morgan fingerprint density at radius 3 is 0.875 bits per heavy atom. The van der Waals surface area contributed by atoms with E-state index in [1.54, 1.807) is 0 Å². The Labute approximate surface area is 444 Å². The Morgan fingerprint density at radius 2 is 0.542 bits per heavy atom. The lowest BCUT2D eigenvalue weighted by molar-refractivity contribution is -0.167. The van der Waals surface area contributed by atoms with Gasteiger partial charge in [0.25, 0.3) is 0 Å². The number of carbonyl (C=O) groups excluding carboxylic acids is 3. The smallest absolute Gasteiger partial charge is 0.306 e. The molecule has 0 heterocycles. The second kappa shape index (κ2) is 59.6. The second-order valence-corrected chi connectivity index (χ2v) is 19.5. The molecule has 0 fully saturated rings. The molecule has 0 spiro atoms. The Kier molecular flexibility index (Phi) is 56.4. The van der Waals surface area contributed by atoms with Crippen LogP contribution in [0.5, 0.6) is 0 Å². The molecule has 72 heavy (non-hydrogen) atoms. The van der Waals surface area contributed by atoms with Crippen molar-refractivity contribution in [2.45, 2.75) is 277 Å². The fourth-order valence-corrected chi connectivity index (χ4v) is 8.07. The standard InChI is InChI=1S/C66H110O6/c1-4-7-10-13-16-19-22-25-28-31-33-35-38-41-44-47-50-53-56-59-65(68)71-62-63(61-70-64(67)58-55-52-49-46-43-40-37-30-27-24-21-18-15-12-9-6-3)72-66(69)60-57-54-51-48-45-42-39-36-34-32-29-26-23-20-17-14-11-8-5-2/h7,9-10,12,16,18-19,21,25,27-28,30,32-35,40,43,63H,4-6,8,11,13-15,17,20,22-24,26,29,31,36-39,41-42,44-62H2,1-3H3/b10-7-,12-9-,19-16-,21-18-,28-25-,30-27-,34-32-,35-33-,43-40-. The number of allylic oxidation sites excluding steroid dienone is 18. The van der Waals surface area contributed by atoms with Crippen LogP contribution in [0.3, 0.4) is 0 Å². The van der Waals surface area contributed by atoms with E-state index >= 15 is 0 Å². The molecule has 0 saturated carbocycles. The van der Waals surface area contributed by atoms with Gasteiger partial charge < -0.3 is 14.2 Å². The number of esters is 3. The van der Waals surface area contributed by atoms with Gasteiger partial charge in [-0.3, -0.25) is 14.4 Å². The van der Waals surface area contributed by atoms with Crippen molar-refractivity contribution in [3.05, 3.63) is 109 Å². The van der Waals surface area contributed by atoms with Gasteiger partial charge in [-0.25, -0.2) is 0 Å². The first kappa shape index (κ1) is 68.1. The van der Waals surface area contributed by atoms with Crippen molar-refractivity contribution in [1.29, 1.82) is 0 Å². The molecule has 0 aromatic carbocycles. The highest BCUT2D eigenvalue weighted by Gasteiger charge is 2.19.